The summed E-state index contributed by atoms with van der Waals surface area (Å²) in [7, 11) is 1.26. The Kier molecular flexibility index (Phi) is 6.09. The number of hydrogen-bond donors (Lipinski definition) is 1. The van der Waals surface area contributed by atoms with Gasteiger partial charge in [0.1, 0.15) is 5.76 Å². The molecular weight excluding hydrogens is 352 g/mol. The molecule has 0 aliphatic heterocycles. The standard InChI is InChI=1S/C19H22N2O6/c1-19(2)10-15(22)18(16(23)11-19)14(8-9-17(24)27-3)20-12-4-6-13(7-5-12)21(25)26/h4-7,22H,8-11H2,1-3H3. The number of benzene rings is 1. The minimum Gasteiger partial charge on any atom is -0.511 e. The Bertz CT molecular complexity index is 821. The van der Waals surface area contributed by atoms with Gasteiger partial charge in [0.25, 0.3) is 5.69 Å². The first-order valence-electron chi connectivity index (χ1n) is 8.47. The van der Waals surface area contributed by atoms with Crippen molar-refractivity contribution in [1.82, 2.24) is 0 Å². The number of aliphatic hydroxyl groups is 1. The van der Waals surface area contributed by atoms with E-state index < -0.39 is 10.9 Å². The first-order chi connectivity index (χ1) is 12.6. The van der Waals surface area contributed by atoms with Crippen molar-refractivity contribution in [1.29, 1.82) is 0 Å². The molecule has 0 amide bonds. The average Bonchev–Trinajstić information content (AvgIpc) is 2.57. The van der Waals surface area contributed by atoms with Crippen molar-refractivity contribution in [2.24, 2.45) is 10.4 Å². The number of aliphatic hydroxyl groups excluding tert-OH is 1. The minimum atomic E-state index is -0.521. The van der Waals surface area contributed by atoms with Crippen molar-refractivity contribution < 1.29 is 24.4 Å². The number of nitro benzene ring substituents is 1. The molecule has 0 fully saturated rings. The van der Waals surface area contributed by atoms with Gasteiger partial charge in [0.2, 0.25) is 0 Å². The number of nitrogens with zero attached hydrogens (tertiary/aromatic N) is 2. The summed E-state index contributed by atoms with van der Waals surface area (Å²) < 4.78 is 4.63. The van der Waals surface area contributed by atoms with Crippen LogP contribution in [0.4, 0.5) is 11.4 Å². The van der Waals surface area contributed by atoms with Crippen molar-refractivity contribution in [3.63, 3.8) is 0 Å². The Balaban J connectivity index is 2.43. The second-order valence-corrected chi connectivity index (χ2v) is 7.17. The molecule has 1 N–H and O–H groups in total. The molecule has 27 heavy (non-hydrogen) atoms. The molecule has 0 radical (unpaired) electrons. The molecule has 0 saturated carbocycles. The van der Waals surface area contributed by atoms with E-state index in [0.29, 0.717) is 12.1 Å². The number of non-ortho nitro benzene ring substituents is 1. The smallest absolute Gasteiger partial charge is 0.305 e. The predicted octanol–water partition coefficient (Wildman–Crippen LogP) is 3.82. The number of carbonyl (C=O) groups excluding carboxylic acids is 2. The molecule has 0 aromatic heterocycles. The molecule has 0 spiro atoms. The van der Waals surface area contributed by atoms with Gasteiger partial charge in [-0.15, -0.1) is 0 Å². The van der Waals surface area contributed by atoms with Crippen LogP contribution >= 0.6 is 0 Å². The highest BCUT2D eigenvalue weighted by molar-refractivity contribution is 6.24. The molecule has 144 valence electrons. The molecule has 1 aliphatic carbocycles. The van der Waals surface area contributed by atoms with Gasteiger partial charge in [-0.25, -0.2) is 0 Å². The van der Waals surface area contributed by atoms with Gasteiger partial charge >= 0.3 is 5.97 Å². The Morgan fingerprint density at radius 1 is 1.26 bits per heavy atom. The number of rotatable bonds is 6. The van der Waals surface area contributed by atoms with Crippen molar-refractivity contribution in [2.45, 2.75) is 39.5 Å². The van der Waals surface area contributed by atoms with Crippen LogP contribution in [0.5, 0.6) is 0 Å². The normalized spacial score (nSPS) is 17.0. The van der Waals surface area contributed by atoms with Crippen LogP contribution < -0.4 is 0 Å². The molecule has 1 aromatic rings. The maximum Gasteiger partial charge on any atom is 0.305 e. The molecule has 1 aromatic carbocycles. The first-order valence-corrected chi connectivity index (χ1v) is 8.47. The van der Waals surface area contributed by atoms with Gasteiger partial charge in [0, 0.05) is 31.4 Å². The van der Waals surface area contributed by atoms with Crippen LogP contribution in [0.3, 0.4) is 0 Å². The lowest BCUT2D eigenvalue weighted by atomic mass is 9.75. The number of ketones is 1. The number of ether oxygens (including phenoxy) is 1. The molecule has 0 saturated heterocycles. The second-order valence-electron chi connectivity index (χ2n) is 7.17. The largest absolute Gasteiger partial charge is 0.511 e. The lowest BCUT2D eigenvalue weighted by Gasteiger charge is -2.30. The van der Waals surface area contributed by atoms with E-state index in [2.05, 4.69) is 9.73 Å². The van der Waals surface area contributed by atoms with E-state index in [1.165, 1.54) is 31.4 Å². The second kappa shape index (κ2) is 8.11. The van der Waals surface area contributed by atoms with E-state index in [0.717, 1.165) is 0 Å². The molecule has 1 aliphatic rings. The van der Waals surface area contributed by atoms with Gasteiger partial charge in [-0.2, -0.15) is 0 Å². The molecule has 0 atom stereocenters. The number of Topliss-reactive ketones (excluding diaryl/α,β-unsaturated/α-hetero) is 1. The molecule has 0 bridgehead atoms. The lowest BCUT2D eigenvalue weighted by molar-refractivity contribution is -0.384. The van der Waals surface area contributed by atoms with Crippen LogP contribution in [0.2, 0.25) is 0 Å². The van der Waals surface area contributed by atoms with E-state index >= 15 is 0 Å². The summed E-state index contributed by atoms with van der Waals surface area (Å²) in [5.41, 5.74) is 0.343. The molecule has 2 rings (SSSR count). The quantitative estimate of drug-likeness (QED) is 0.350. The van der Waals surface area contributed by atoms with Crippen molar-refractivity contribution >= 4 is 28.8 Å². The number of esters is 1. The minimum absolute atomic E-state index is 0.00420. The molecule has 0 heterocycles. The Labute approximate surface area is 156 Å². The monoisotopic (exact) mass is 374 g/mol. The van der Waals surface area contributed by atoms with Gasteiger partial charge in [0.05, 0.1) is 35.4 Å². The van der Waals surface area contributed by atoms with Crippen LogP contribution in [0.1, 0.15) is 39.5 Å². The van der Waals surface area contributed by atoms with E-state index in [1.807, 2.05) is 13.8 Å². The van der Waals surface area contributed by atoms with E-state index in [9.17, 15) is 24.8 Å². The highest BCUT2D eigenvalue weighted by atomic mass is 16.6. The van der Waals surface area contributed by atoms with Crippen LogP contribution in [-0.4, -0.2) is 34.6 Å². The van der Waals surface area contributed by atoms with Gasteiger partial charge in [-0.3, -0.25) is 24.7 Å². The zero-order chi connectivity index (χ0) is 20.2. The van der Waals surface area contributed by atoms with Crippen LogP contribution in [0.15, 0.2) is 40.6 Å². The van der Waals surface area contributed by atoms with Crippen LogP contribution in [0, 0.1) is 15.5 Å². The molecule has 8 nitrogen and oxygen atoms in total. The topological polar surface area (TPSA) is 119 Å². The van der Waals surface area contributed by atoms with Gasteiger partial charge in [-0.05, 0) is 17.5 Å². The Morgan fingerprint density at radius 2 is 1.89 bits per heavy atom. The number of nitro groups is 1. The van der Waals surface area contributed by atoms with Crippen molar-refractivity contribution in [3.8, 4) is 0 Å². The van der Waals surface area contributed by atoms with Crippen molar-refractivity contribution in [2.75, 3.05) is 7.11 Å². The summed E-state index contributed by atoms with van der Waals surface area (Å²) in [6, 6.07) is 5.50. The fraction of sp³-hybridized carbons (Fsp3) is 0.421. The lowest BCUT2D eigenvalue weighted by Crippen LogP contribution is -2.29. The third kappa shape index (κ3) is 5.22. The predicted molar refractivity (Wildman–Crippen MR) is 99.1 cm³/mol. The average molecular weight is 374 g/mol. The van der Waals surface area contributed by atoms with E-state index in [-0.39, 0.29) is 53.2 Å². The number of carbonyl (C=O) groups is 2. The maximum atomic E-state index is 12.6. The van der Waals surface area contributed by atoms with Crippen LogP contribution in [0.25, 0.3) is 0 Å². The van der Waals surface area contributed by atoms with Gasteiger partial charge in [0.15, 0.2) is 5.78 Å². The highest BCUT2D eigenvalue weighted by Gasteiger charge is 2.35. The van der Waals surface area contributed by atoms with Gasteiger partial charge < -0.3 is 9.84 Å². The summed E-state index contributed by atoms with van der Waals surface area (Å²) in [4.78, 5) is 38.8. The number of allylic oxidation sites excluding steroid dienone is 2. The van der Waals surface area contributed by atoms with Crippen LogP contribution in [-0.2, 0) is 14.3 Å². The first kappa shape index (κ1) is 20.3. The SMILES string of the molecule is COC(=O)CCC(=Nc1ccc([N+](=O)[O-])cc1)C1=C(O)CC(C)(C)CC1=O. The summed E-state index contributed by atoms with van der Waals surface area (Å²) in [5.74, 6) is -0.758. The van der Waals surface area contributed by atoms with Crippen molar-refractivity contribution in [3.05, 3.63) is 45.7 Å². The summed E-state index contributed by atoms with van der Waals surface area (Å²) in [6.07, 6.45) is 0.681. The third-order valence-electron chi connectivity index (χ3n) is 4.26. The van der Waals surface area contributed by atoms with E-state index in [1.54, 1.807) is 0 Å². The number of aliphatic imine (C=N–C) groups is 1. The zero-order valence-electron chi connectivity index (χ0n) is 15.5. The fourth-order valence-electron chi connectivity index (χ4n) is 2.98. The molecule has 0 unspecified atom stereocenters. The zero-order valence-corrected chi connectivity index (χ0v) is 15.5. The highest BCUT2D eigenvalue weighted by Crippen LogP contribution is 2.37. The molecular formula is C19H22N2O6. The Hall–Kier alpha value is -3.03. The number of hydrogen-bond acceptors (Lipinski definition) is 7. The fourth-order valence-corrected chi connectivity index (χ4v) is 2.98. The summed E-state index contributed by atoms with van der Waals surface area (Å²) in [6.45, 7) is 3.78. The Morgan fingerprint density at radius 3 is 2.41 bits per heavy atom. The summed E-state index contributed by atoms with van der Waals surface area (Å²) in [5, 5.41) is 21.2. The van der Waals surface area contributed by atoms with Gasteiger partial charge in [-0.1, -0.05) is 13.8 Å². The maximum absolute atomic E-state index is 12.6. The number of methoxy groups -OCH3 is 1. The molecule has 8 heteroatoms. The van der Waals surface area contributed by atoms with E-state index in [4.69, 9.17) is 0 Å². The third-order valence-corrected chi connectivity index (χ3v) is 4.26. The summed E-state index contributed by atoms with van der Waals surface area (Å²) >= 11 is 0.